The molecule has 2 aromatic carbocycles. The van der Waals surface area contributed by atoms with Gasteiger partial charge in [0.05, 0.1) is 16.7 Å². The molecule has 154 valence electrons. The summed E-state index contributed by atoms with van der Waals surface area (Å²) in [4.78, 5) is 8.18. The minimum atomic E-state index is 0.758. The molecule has 1 saturated heterocycles. The molecule has 0 aliphatic carbocycles. The summed E-state index contributed by atoms with van der Waals surface area (Å²) in [6, 6.07) is 15.9. The number of ether oxygens (including phenoxy) is 2. The van der Waals surface area contributed by atoms with Gasteiger partial charge in [-0.2, -0.15) is 5.10 Å². The van der Waals surface area contributed by atoms with Crippen molar-refractivity contribution in [2.45, 2.75) is 32.1 Å². The Bertz CT molecular complexity index is 1080. The van der Waals surface area contributed by atoms with Gasteiger partial charge in [-0.15, -0.1) is 0 Å². The molecule has 0 saturated carbocycles. The molecule has 6 nitrogen and oxygen atoms in total. The van der Waals surface area contributed by atoms with Gasteiger partial charge in [0.1, 0.15) is 17.3 Å². The van der Waals surface area contributed by atoms with Crippen LogP contribution in [0.2, 0.25) is 0 Å². The molecule has 0 bridgehead atoms. The van der Waals surface area contributed by atoms with Gasteiger partial charge < -0.3 is 14.5 Å². The topological polar surface area (TPSA) is 75.8 Å². The molecule has 1 atom stereocenters. The van der Waals surface area contributed by atoms with E-state index in [0.29, 0.717) is 0 Å². The maximum atomic E-state index is 6.04. The largest absolute Gasteiger partial charge is 0.457 e. The minimum absolute atomic E-state index is 0.758. The van der Waals surface area contributed by atoms with E-state index in [4.69, 9.17) is 14.5 Å². The van der Waals surface area contributed by atoms with E-state index >= 15 is 0 Å². The van der Waals surface area contributed by atoms with Crippen LogP contribution < -0.4 is 4.74 Å². The van der Waals surface area contributed by atoms with E-state index in [1.54, 1.807) is 6.20 Å². The Balaban J connectivity index is 1.19. The molecule has 5 rings (SSSR count). The zero-order valence-electron chi connectivity index (χ0n) is 16.9. The smallest absolute Gasteiger partial charge is 0.129 e. The molecule has 1 unspecified atom stereocenters. The minimum Gasteiger partial charge on any atom is -0.457 e. The van der Waals surface area contributed by atoms with Crippen LogP contribution in [0.15, 0.2) is 54.7 Å². The lowest BCUT2D eigenvalue weighted by Crippen LogP contribution is -1.99. The van der Waals surface area contributed by atoms with Gasteiger partial charge in [-0.25, -0.2) is 4.98 Å². The van der Waals surface area contributed by atoms with Gasteiger partial charge in [-0.3, -0.25) is 5.10 Å². The average Bonchev–Trinajstić information content (AvgIpc) is 3.53. The second kappa shape index (κ2) is 8.71. The maximum Gasteiger partial charge on any atom is 0.129 e. The van der Waals surface area contributed by atoms with Gasteiger partial charge in [-0.1, -0.05) is 6.42 Å². The number of hydrogen-bond acceptors (Lipinski definition) is 4. The summed E-state index contributed by atoms with van der Waals surface area (Å²) in [6.07, 6.45) is 7.60. The second-order valence-electron chi connectivity index (χ2n) is 7.93. The zero-order valence-corrected chi connectivity index (χ0v) is 16.9. The van der Waals surface area contributed by atoms with Crippen molar-refractivity contribution in [2.75, 3.05) is 13.2 Å². The quantitative estimate of drug-likeness (QED) is 0.382. The number of nitrogens with one attached hydrogen (secondary N) is 2. The molecule has 4 aromatic rings. The molecule has 3 heterocycles. The van der Waals surface area contributed by atoms with Crippen LogP contribution in [0.4, 0.5) is 0 Å². The lowest BCUT2D eigenvalue weighted by molar-refractivity contribution is 0.183. The van der Waals surface area contributed by atoms with Crippen LogP contribution in [0.25, 0.3) is 22.3 Å². The van der Waals surface area contributed by atoms with E-state index in [-0.39, 0.29) is 0 Å². The summed E-state index contributed by atoms with van der Waals surface area (Å²) >= 11 is 0. The molecule has 2 N–H and O–H groups in total. The van der Waals surface area contributed by atoms with Crippen LogP contribution in [0, 0.1) is 5.92 Å². The summed E-state index contributed by atoms with van der Waals surface area (Å²) in [5.74, 6) is 3.41. The number of fused-ring (bicyclic) bond motifs is 1. The van der Waals surface area contributed by atoms with Crippen LogP contribution in [-0.4, -0.2) is 33.4 Å². The van der Waals surface area contributed by atoms with Crippen molar-refractivity contribution in [3.8, 4) is 22.8 Å². The molecule has 0 spiro atoms. The highest BCUT2D eigenvalue weighted by atomic mass is 16.5. The summed E-state index contributed by atoms with van der Waals surface area (Å²) in [5, 5.41) is 6.96. The number of rotatable bonds is 8. The standard InChI is InChI=1S/C24H26N4O2/c1(3-17-12-14-29-16-17)2-4-24-26-22-10-9-20(15-23(22)27-24)30-19-7-5-18(6-8-19)21-11-13-25-28-21/h5-11,13,15,17H,1-4,12,14,16H2,(H,25,28)(H,26,27). The van der Waals surface area contributed by atoms with Crippen molar-refractivity contribution in [3.63, 3.8) is 0 Å². The predicted molar refractivity (Wildman–Crippen MR) is 117 cm³/mol. The highest BCUT2D eigenvalue weighted by Crippen LogP contribution is 2.27. The fourth-order valence-corrected chi connectivity index (χ4v) is 4.02. The second-order valence-corrected chi connectivity index (χ2v) is 7.93. The van der Waals surface area contributed by atoms with Crippen LogP contribution in [0.1, 0.15) is 31.5 Å². The van der Waals surface area contributed by atoms with Crippen molar-refractivity contribution < 1.29 is 9.47 Å². The summed E-state index contributed by atoms with van der Waals surface area (Å²) < 4.78 is 11.5. The van der Waals surface area contributed by atoms with Crippen molar-refractivity contribution in [1.82, 2.24) is 20.2 Å². The summed E-state index contributed by atoms with van der Waals surface area (Å²) in [7, 11) is 0. The number of aromatic nitrogens is 4. The number of nitrogens with zero attached hydrogens (tertiary/aromatic N) is 2. The van der Waals surface area contributed by atoms with Crippen LogP contribution in [0.5, 0.6) is 11.5 Å². The third-order valence-electron chi connectivity index (χ3n) is 5.70. The molecule has 1 aliphatic rings. The number of benzene rings is 2. The first-order chi connectivity index (χ1) is 14.8. The van der Waals surface area contributed by atoms with Gasteiger partial charge in [-0.05, 0) is 73.2 Å². The fourth-order valence-electron chi connectivity index (χ4n) is 4.02. The van der Waals surface area contributed by atoms with E-state index in [0.717, 1.165) is 71.6 Å². The molecule has 2 aromatic heterocycles. The lowest BCUT2D eigenvalue weighted by Gasteiger charge is -2.06. The Hall–Kier alpha value is -3.12. The Morgan fingerprint density at radius 1 is 1.03 bits per heavy atom. The molecular formula is C24H26N4O2. The molecule has 0 radical (unpaired) electrons. The van der Waals surface area contributed by atoms with Crippen molar-refractivity contribution >= 4 is 11.0 Å². The van der Waals surface area contributed by atoms with Gasteiger partial charge in [0, 0.05) is 31.9 Å². The molecular weight excluding hydrogens is 376 g/mol. The third-order valence-corrected chi connectivity index (χ3v) is 5.70. The van der Waals surface area contributed by atoms with Gasteiger partial charge in [0.2, 0.25) is 0 Å². The van der Waals surface area contributed by atoms with E-state index < -0.39 is 0 Å². The predicted octanol–water partition coefficient (Wildman–Crippen LogP) is 5.49. The number of unbranched alkanes of at least 4 members (excludes halogenated alkanes) is 1. The SMILES string of the molecule is c1cc(-c2ccc(Oc3ccc4nc(CCCCC5CCOC5)[nH]c4c3)cc2)[nH]n1. The highest BCUT2D eigenvalue weighted by molar-refractivity contribution is 5.77. The first-order valence-electron chi connectivity index (χ1n) is 10.7. The van der Waals surface area contributed by atoms with Gasteiger partial charge >= 0.3 is 0 Å². The van der Waals surface area contributed by atoms with Crippen LogP contribution in [-0.2, 0) is 11.2 Å². The average molecular weight is 402 g/mol. The van der Waals surface area contributed by atoms with Crippen molar-refractivity contribution in [1.29, 1.82) is 0 Å². The zero-order chi connectivity index (χ0) is 20.2. The Morgan fingerprint density at radius 2 is 1.93 bits per heavy atom. The van der Waals surface area contributed by atoms with E-state index in [1.165, 1.54) is 19.3 Å². The Kier molecular flexibility index (Phi) is 5.48. The van der Waals surface area contributed by atoms with Gasteiger partial charge in [0.25, 0.3) is 0 Å². The molecule has 6 heteroatoms. The van der Waals surface area contributed by atoms with Crippen molar-refractivity contribution in [2.24, 2.45) is 5.92 Å². The van der Waals surface area contributed by atoms with Crippen LogP contribution in [0.3, 0.4) is 0 Å². The van der Waals surface area contributed by atoms with E-state index in [2.05, 4.69) is 15.2 Å². The number of hydrogen-bond donors (Lipinski definition) is 2. The number of imidazole rings is 1. The number of aryl methyl sites for hydroxylation is 1. The first-order valence-corrected chi connectivity index (χ1v) is 10.7. The summed E-state index contributed by atoms with van der Waals surface area (Å²) in [5.41, 5.74) is 4.07. The normalized spacial score (nSPS) is 16.3. The maximum absolute atomic E-state index is 6.04. The number of aromatic amines is 2. The van der Waals surface area contributed by atoms with Gasteiger partial charge in [0.15, 0.2) is 0 Å². The summed E-state index contributed by atoms with van der Waals surface area (Å²) in [6.45, 7) is 1.88. The first kappa shape index (κ1) is 18.9. The Morgan fingerprint density at radius 3 is 2.73 bits per heavy atom. The van der Waals surface area contributed by atoms with Crippen molar-refractivity contribution in [3.05, 3.63) is 60.6 Å². The molecule has 30 heavy (non-hydrogen) atoms. The fraction of sp³-hybridized carbons (Fsp3) is 0.333. The van der Waals surface area contributed by atoms with E-state index in [1.807, 2.05) is 48.5 Å². The molecule has 1 fully saturated rings. The number of H-pyrrole nitrogens is 2. The highest BCUT2D eigenvalue weighted by Gasteiger charge is 2.14. The third kappa shape index (κ3) is 4.39. The lowest BCUT2D eigenvalue weighted by atomic mass is 10.0. The molecule has 0 amide bonds. The monoisotopic (exact) mass is 402 g/mol. The van der Waals surface area contributed by atoms with E-state index in [9.17, 15) is 0 Å². The van der Waals surface area contributed by atoms with Crippen LogP contribution >= 0.6 is 0 Å². The molecule has 1 aliphatic heterocycles. The Labute approximate surface area is 175 Å².